The van der Waals surface area contributed by atoms with Gasteiger partial charge in [-0.05, 0) is 28.0 Å². The third-order valence-electron chi connectivity index (χ3n) is 3.45. The van der Waals surface area contributed by atoms with E-state index < -0.39 is 6.10 Å². The van der Waals surface area contributed by atoms with E-state index in [-0.39, 0.29) is 0 Å². The van der Waals surface area contributed by atoms with Crippen molar-refractivity contribution < 1.29 is 4.74 Å². The van der Waals surface area contributed by atoms with Crippen molar-refractivity contribution in [2.24, 2.45) is 0 Å². The van der Waals surface area contributed by atoms with Crippen molar-refractivity contribution in [3.8, 4) is 6.07 Å². The predicted molar refractivity (Wildman–Crippen MR) is 83.5 cm³/mol. The molecule has 0 heterocycles. The van der Waals surface area contributed by atoms with Crippen LogP contribution in [0.2, 0.25) is 0 Å². The average Bonchev–Trinajstić information content (AvgIpc) is 2.56. The maximum Gasteiger partial charge on any atom is 0.169 e. The molecule has 1 atom stereocenters. The number of nitrogens with zero attached hydrogens (tertiary/aromatic N) is 1. The van der Waals surface area contributed by atoms with Gasteiger partial charge in [-0.25, -0.2) is 0 Å². The third-order valence-corrected chi connectivity index (χ3v) is 3.45. The molecule has 0 aliphatic rings. The van der Waals surface area contributed by atoms with Crippen LogP contribution in [0.4, 0.5) is 0 Å². The van der Waals surface area contributed by atoms with Crippen LogP contribution in [0.1, 0.15) is 17.2 Å². The Hall–Kier alpha value is -2.63. The number of nitriles is 1. The van der Waals surface area contributed by atoms with Gasteiger partial charge >= 0.3 is 0 Å². The molecule has 3 rings (SSSR count). The van der Waals surface area contributed by atoms with Gasteiger partial charge in [0.15, 0.2) is 6.10 Å². The highest BCUT2D eigenvalue weighted by molar-refractivity contribution is 5.83. The maximum atomic E-state index is 9.35. The highest BCUT2D eigenvalue weighted by Gasteiger charge is 2.11. The van der Waals surface area contributed by atoms with Crippen LogP contribution >= 0.6 is 0 Å². The number of fused-ring (bicyclic) bond motifs is 1. The summed E-state index contributed by atoms with van der Waals surface area (Å²) in [5.74, 6) is 0. The molecule has 0 bridgehead atoms. The normalized spacial score (nSPS) is 12.0. The van der Waals surface area contributed by atoms with Crippen molar-refractivity contribution in [2.45, 2.75) is 12.7 Å². The van der Waals surface area contributed by atoms with E-state index in [0.717, 1.165) is 16.5 Å². The van der Waals surface area contributed by atoms with Gasteiger partial charge < -0.3 is 4.74 Å². The summed E-state index contributed by atoms with van der Waals surface area (Å²) < 4.78 is 5.75. The molecule has 0 aliphatic carbocycles. The molecule has 0 fully saturated rings. The molecule has 0 saturated carbocycles. The van der Waals surface area contributed by atoms with Crippen molar-refractivity contribution in [3.05, 3.63) is 83.9 Å². The molecule has 0 aliphatic heterocycles. The molecular formula is C19H15NO. The second-order valence-corrected chi connectivity index (χ2v) is 4.91. The van der Waals surface area contributed by atoms with E-state index in [1.165, 1.54) is 5.39 Å². The largest absolute Gasteiger partial charge is 0.354 e. The van der Waals surface area contributed by atoms with Crippen LogP contribution in [-0.4, -0.2) is 0 Å². The van der Waals surface area contributed by atoms with Gasteiger partial charge in [0.05, 0.1) is 12.7 Å². The van der Waals surface area contributed by atoms with E-state index in [4.69, 9.17) is 4.74 Å². The molecule has 0 saturated heterocycles. The lowest BCUT2D eigenvalue weighted by Gasteiger charge is -2.12. The third kappa shape index (κ3) is 3.10. The van der Waals surface area contributed by atoms with Gasteiger partial charge in [-0.15, -0.1) is 0 Å². The lowest BCUT2D eigenvalue weighted by atomic mass is 10.0. The van der Waals surface area contributed by atoms with Gasteiger partial charge in [0.1, 0.15) is 0 Å². The first kappa shape index (κ1) is 13.4. The first-order valence-electron chi connectivity index (χ1n) is 6.90. The van der Waals surface area contributed by atoms with Crippen LogP contribution in [0.5, 0.6) is 0 Å². The Labute approximate surface area is 124 Å². The van der Waals surface area contributed by atoms with E-state index in [1.54, 1.807) is 0 Å². The van der Waals surface area contributed by atoms with E-state index in [9.17, 15) is 5.26 Å². The van der Waals surface area contributed by atoms with Crippen molar-refractivity contribution >= 4 is 10.8 Å². The Balaban J connectivity index is 1.80. The first-order chi connectivity index (χ1) is 10.4. The van der Waals surface area contributed by atoms with Gasteiger partial charge in [-0.3, -0.25) is 0 Å². The van der Waals surface area contributed by atoms with Gasteiger partial charge in [-0.1, -0.05) is 66.7 Å². The second-order valence-electron chi connectivity index (χ2n) is 4.91. The maximum absolute atomic E-state index is 9.35. The van der Waals surface area contributed by atoms with Gasteiger partial charge in [0, 0.05) is 0 Å². The Bertz CT molecular complexity index is 774. The van der Waals surface area contributed by atoms with Gasteiger partial charge in [0.25, 0.3) is 0 Å². The Morgan fingerprint density at radius 1 is 0.857 bits per heavy atom. The van der Waals surface area contributed by atoms with E-state index in [1.807, 2.05) is 66.7 Å². The molecule has 0 N–H and O–H groups in total. The van der Waals surface area contributed by atoms with Gasteiger partial charge in [-0.2, -0.15) is 5.26 Å². The SMILES string of the molecule is N#C[C@@H](OCc1ccccc1)c1ccc2ccccc2c1. The van der Waals surface area contributed by atoms with Crippen molar-refractivity contribution in [2.75, 3.05) is 0 Å². The van der Waals surface area contributed by atoms with Crippen LogP contribution in [0.15, 0.2) is 72.8 Å². The standard InChI is InChI=1S/C19H15NO/c20-13-19(21-14-15-6-2-1-3-7-15)18-11-10-16-8-4-5-9-17(16)12-18/h1-12,19H,14H2/t19-/m1/s1. The number of benzene rings is 3. The zero-order chi connectivity index (χ0) is 14.5. The molecular weight excluding hydrogens is 258 g/mol. The quantitative estimate of drug-likeness (QED) is 0.694. The van der Waals surface area contributed by atoms with Crippen LogP contribution in [-0.2, 0) is 11.3 Å². The topological polar surface area (TPSA) is 33.0 Å². The minimum atomic E-state index is -0.546. The Kier molecular flexibility index (Phi) is 3.95. The fourth-order valence-corrected chi connectivity index (χ4v) is 2.33. The fraction of sp³-hybridized carbons (Fsp3) is 0.105. The van der Waals surface area contributed by atoms with Gasteiger partial charge in [0.2, 0.25) is 0 Å². The molecule has 21 heavy (non-hydrogen) atoms. The summed E-state index contributed by atoms with van der Waals surface area (Å²) in [7, 11) is 0. The van der Waals surface area contributed by atoms with Crippen LogP contribution < -0.4 is 0 Å². The number of hydrogen-bond donors (Lipinski definition) is 0. The molecule has 0 spiro atoms. The molecule has 3 aromatic rings. The number of hydrogen-bond acceptors (Lipinski definition) is 2. The summed E-state index contributed by atoms with van der Waals surface area (Å²) in [5.41, 5.74) is 1.96. The molecule has 0 aromatic heterocycles. The summed E-state index contributed by atoms with van der Waals surface area (Å²) in [6, 6.07) is 26.2. The zero-order valence-corrected chi connectivity index (χ0v) is 11.6. The molecule has 2 nitrogen and oxygen atoms in total. The lowest BCUT2D eigenvalue weighted by molar-refractivity contribution is 0.0768. The highest BCUT2D eigenvalue weighted by atomic mass is 16.5. The average molecular weight is 273 g/mol. The summed E-state index contributed by atoms with van der Waals surface area (Å²) in [5, 5.41) is 11.6. The second kappa shape index (κ2) is 6.21. The minimum absolute atomic E-state index is 0.436. The van der Waals surface area contributed by atoms with E-state index in [0.29, 0.717) is 6.61 Å². The predicted octanol–water partition coefficient (Wildman–Crippen LogP) is 4.62. The van der Waals surface area contributed by atoms with Crippen molar-refractivity contribution in [1.29, 1.82) is 5.26 Å². The summed E-state index contributed by atoms with van der Waals surface area (Å²) in [6.45, 7) is 0.436. The monoisotopic (exact) mass is 273 g/mol. The molecule has 3 aromatic carbocycles. The Morgan fingerprint density at radius 3 is 2.33 bits per heavy atom. The van der Waals surface area contributed by atoms with Crippen molar-refractivity contribution in [3.63, 3.8) is 0 Å². The Morgan fingerprint density at radius 2 is 1.57 bits per heavy atom. The zero-order valence-electron chi connectivity index (χ0n) is 11.6. The molecule has 2 heteroatoms. The van der Waals surface area contributed by atoms with Crippen LogP contribution in [0.25, 0.3) is 10.8 Å². The molecule has 0 radical (unpaired) electrons. The summed E-state index contributed by atoms with van der Waals surface area (Å²) in [4.78, 5) is 0. The molecule has 102 valence electrons. The highest BCUT2D eigenvalue weighted by Crippen LogP contribution is 2.23. The molecule has 0 unspecified atom stereocenters. The van der Waals surface area contributed by atoms with Crippen LogP contribution in [0.3, 0.4) is 0 Å². The summed E-state index contributed by atoms with van der Waals surface area (Å²) >= 11 is 0. The number of ether oxygens (including phenoxy) is 1. The van der Waals surface area contributed by atoms with E-state index >= 15 is 0 Å². The summed E-state index contributed by atoms with van der Waals surface area (Å²) in [6.07, 6.45) is -0.546. The van der Waals surface area contributed by atoms with E-state index in [2.05, 4.69) is 12.1 Å². The smallest absolute Gasteiger partial charge is 0.169 e. The van der Waals surface area contributed by atoms with Crippen molar-refractivity contribution in [1.82, 2.24) is 0 Å². The van der Waals surface area contributed by atoms with Crippen LogP contribution in [0, 0.1) is 11.3 Å². The fourth-order valence-electron chi connectivity index (χ4n) is 2.33. The minimum Gasteiger partial charge on any atom is -0.354 e. The molecule has 0 amide bonds. The first-order valence-corrected chi connectivity index (χ1v) is 6.90. The number of rotatable bonds is 4. The lowest BCUT2D eigenvalue weighted by Crippen LogP contribution is -2.02.